The third-order valence-corrected chi connectivity index (χ3v) is 5.51. The van der Waals surface area contributed by atoms with Gasteiger partial charge in [-0.15, -0.1) is 0 Å². The molecule has 1 saturated carbocycles. The number of ether oxygens (including phenoxy) is 2. The minimum atomic E-state index is -0.867. The molecule has 1 aromatic carbocycles. The maximum absolute atomic E-state index is 13.0. The van der Waals surface area contributed by atoms with Gasteiger partial charge in [-0.3, -0.25) is 14.5 Å². The molecule has 1 N–H and O–H groups in total. The first kappa shape index (κ1) is 18.2. The van der Waals surface area contributed by atoms with Crippen molar-refractivity contribution in [3.63, 3.8) is 0 Å². The summed E-state index contributed by atoms with van der Waals surface area (Å²) >= 11 is 0. The Hall–Kier alpha value is -2.57. The predicted octanol–water partition coefficient (Wildman–Crippen LogP) is 2.39. The van der Waals surface area contributed by atoms with Crippen molar-refractivity contribution in [2.24, 2.45) is 5.92 Å². The van der Waals surface area contributed by atoms with Gasteiger partial charge in [0, 0.05) is 0 Å². The Bertz CT molecular complexity index is 747. The summed E-state index contributed by atoms with van der Waals surface area (Å²) < 4.78 is 10.4. The topological polar surface area (TPSA) is 84.9 Å². The van der Waals surface area contributed by atoms with E-state index in [2.05, 4.69) is 5.32 Å². The highest BCUT2D eigenvalue weighted by atomic mass is 16.5. The maximum atomic E-state index is 13.0. The predicted molar refractivity (Wildman–Crippen MR) is 94.5 cm³/mol. The summed E-state index contributed by atoms with van der Waals surface area (Å²) in [6.45, 7) is 1.66. The SMILES string of the molecule is COc1ccc(OC)c(C(=O)CN2C(=O)N[C@]3(CCCC[C@@H]3C)C2=O)c1. The summed E-state index contributed by atoms with van der Waals surface area (Å²) in [6.07, 6.45) is 3.44. The fourth-order valence-corrected chi connectivity index (χ4v) is 3.90. The fraction of sp³-hybridized carbons (Fsp3) is 0.526. The molecule has 0 radical (unpaired) electrons. The Labute approximate surface area is 152 Å². The van der Waals surface area contributed by atoms with Crippen LogP contribution in [0.2, 0.25) is 0 Å². The molecule has 1 aliphatic carbocycles. The quantitative estimate of drug-likeness (QED) is 0.644. The molecule has 0 bridgehead atoms. The van der Waals surface area contributed by atoms with Crippen molar-refractivity contribution in [1.82, 2.24) is 10.2 Å². The lowest BCUT2D eigenvalue weighted by atomic mass is 9.73. The van der Waals surface area contributed by atoms with Crippen LogP contribution < -0.4 is 14.8 Å². The van der Waals surface area contributed by atoms with Gasteiger partial charge in [0.2, 0.25) is 0 Å². The number of urea groups is 1. The second kappa shape index (κ2) is 6.97. The molecule has 26 heavy (non-hydrogen) atoms. The Morgan fingerprint density at radius 3 is 2.69 bits per heavy atom. The number of benzene rings is 1. The molecule has 3 amide bonds. The number of rotatable bonds is 5. The molecule has 1 aromatic rings. The zero-order valence-corrected chi connectivity index (χ0v) is 15.3. The monoisotopic (exact) mass is 360 g/mol. The molecule has 1 spiro atoms. The van der Waals surface area contributed by atoms with Crippen LogP contribution in [0.15, 0.2) is 18.2 Å². The number of nitrogens with zero attached hydrogens (tertiary/aromatic N) is 1. The number of imide groups is 1. The molecule has 0 unspecified atom stereocenters. The summed E-state index contributed by atoms with van der Waals surface area (Å²) in [5, 5.41) is 2.86. The zero-order valence-electron chi connectivity index (χ0n) is 15.3. The van der Waals surface area contributed by atoms with Gasteiger partial charge < -0.3 is 14.8 Å². The van der Waals surface area contributed by atoms with Gasteiger partial charge in [-0.2, -0.15) is 0 Å². The van der Waals surface area contributed by atoms with Gasteiger partial charge in [-0.25, -0.2) is 4.79 Å². The lowest BCUT2D eigenvalue weighted by Gasteiger charge is -2.36. The molecule has 7 heteroatoms. The number of carbonyl (C=O) groups is 3. The molecule has 0 aromatic heterocycles. The fourth-order valence-electron chi connectivity index (χ4n) is 3.90. The third kappa shape index (κ3) is 2.91. The van der Waals surface area contributed by atoms with Crippen LogP contribution in [0.5, 0.6) is 11.5 Å². The van der Waals surface area contributed by atoms with Crippen LogP contribution in [-0.4, -0.2) is 48.9 Å². The van der Waals surface area contributed by atoms with Crippen molar-refractivity contribution in [2.75, 3.05) is 20.8 Å². The molecular weight excluding hydrogens is 336 g/mol. The lowest BCUT2D eigenvalue weighted by Crippen LogP contribution is -2.54. The van der Waals surface area contributed by atoms with Gasteiger partial charge in [0.25, 0.3) is 5.91 Å². The van der Waals surface area contributed by atoms with E-state index in [0.717, 1.165) is 24.2 Å². The van der Waals surface area contributed by atoms with Crippen LogP contribution in [0, 0.1) is 5.92 Å². The molecule has 7 nitrogen and oxygen atoms in total. The summed E-state index contributed by atoms with van der Waals surface area (Å²) in [5.74, 6) is 0.265. The number of ketones is 1. The number of amides is 3. The highest BCUT2D eigenvalue weighted by Gasteiger charge is 2.55. The van der Waals surface area contributed by atoms with Gasteiger partial charge in [-0.1, -0.05) is 19.8 Å². The van der Waals surface area contributed by atoms with Crippen molar-refractivity contribution in [1.29, 1.82) is 0 Å². The van der Waals surface area contributed by atoms with Crippen LogP contribution in [0.4, 0.5) is 4.79 Å². The molecule has 140 valence electrons. The summed E-state index contributed by atoms with van der Waals surface area (Å²) in [7, 11) is 2.97. The average molecular weight is 360 g/mol. The van der Waals surface area contributed by atoms with E-state index in [1.165, 1.54) is 14.2 Å². The number of hydrogen-bond donors (Lipinski definition) is 1. The van der Waals surface area contributed by atoms with E-state index >= 15 is 0 Å². The highest BCUT2D eigenvalue weighted by molar-refractivity contribution is 6.12. The first-order chi connectivity index (χ1) is 12.4. The molecule has 2 fully saturated rings. The molecule has 1 saturated heterocycles. The van der Waals surface area contributed by atoms with Crippen LogP contribution in [0.25, 0.3) is 0 Å². The number of hydrogen-bond acceptors (Lipinski definition) is 5. The molecule has 2 atom stereocenters. The Kier molecular flexibility index (Phi) is 4.89. The molecule has 1 heterocycles. The largest absolute Gasteiger partial charge is 0.497 e. The number of Topliss-reactive ketones (excluding diaryl/α,β-unsaturated/α-hetero) is 1. The standard InChI is InChI=1S/C19H24N2O5/c1-12-6-4-5-9-19(12)17(23)21(18(24)20-19)11-15(22)14-10-13(25-2)7-8-16(14)26-3/h7-8,10,12H,4-6,9,11H2,1-3H3,(H,20,24)/t12-,19-/m0/s1. The normalized spacial score (nSPS) is 25.3. The third-order valence-electron chi connectivity index (χ3n) is 5.51. The lowest BCUT2D eigenvalue weighted by molar-refractivity contribution is -0.133. The number of methoxy groups -OCH3 is 2. The van der Waals surface area contributed by atoms with Crippen LogP contribution in [-0.2, 0) is 4.79 Å². The Morgan fingerprint density at radius 1 is 1.27 bits per heavy atom. The Morgan fingerprint density at radius 2 is 2.04 bits per heavy atom. The van der Waals surface area contributed by atoms with E-state index in [-0.39, 0.29) is 29.7 Å². The summed E-state index contributed by atoms with van der Waals surface area (Å²) in [6, 6.07) is 4.36. The second-order valence-corrected chi connectivity index (χ2v) is 6.93. The van der Waals surface area contributed by atoms with E-state index in [4.69, 9.17) is 9.47 Å². The average Bonchev–Trinajstić information content (AvgIpc) is 2.88. The van der Waals surface area contributed by atoms with Crippen molar-refractivity contribution < 1.29 is 23.9 Å². The van der Waals surface area contributed by atoms with Crippen LogP contribution in [0.3, 0.4) is 0 Å². The second-order valence-electron chi connectivity index (χ2n) is 6.93. The zero-order chi connectivity index (χ0) is 18.9. The van der Waals surface area contributed by atoms with Gasteiger partial charge in [-0.05, 0) is 37.0 Å². The van der Waals surface area contributed by atoms with Crippen molar-refractivity contribution in [3.8, 4) is 11.5 Å². The van der Waals surface area contributed by atoms with E-state index in [0.29, 0.717) is 17.9 Å². The summed E-state index contributed by atoms with van der Waals surface area (Å²) in [5.41, 5.74) is -0.584. The van der Waals surface area contributed by atoms with Gasteiger partial charge in [0.05, 0.1) is 26.3 Å². The minimum Gasteiger partial charge on any atom is -0.497 e. The van der Waals surface area contributed by atoms with E-state index in [1.54, 1.807) is 18.2 Å². The Balaban J connectivity index is 1.84. The van der Waals surface area contributed by atoms with E-state index in [1.807, 2.05) is 6.92 Å². The van der Waals surface area contributed by atoms with Crippen molar-refractivity contribution >= 4 is 17.7 Å². The van der Waals surface area contributed by atoms with Crippen LogP contribution >= 0.6 is 0 Å². The minimum absolute atomic E-state index is 0.0548. The number of carbonyl (C=O) groups excluding carboxylic acids is 3. The highest BCUT2D eigenvalue weighted by Crippen LogP contribution is 2.38. The molecule has 1 aliphatic heterocycles. The molecule has 2 aliphatic rings. The molecular formula is C19H24N2O5. The smallest absolute Gasteiger partial charge is 0.325 e. The van der Waals surface area contributed by atoms with E-state index < -0.39 is 11.6 Å². The molecule has 3 rings (SSSR count). The van der Waals surface area contributed by atoms with Crippen molar-refractivity contribution in [3.05, 3.63) is 23.8 Å². The summed E-state index contributed by atoms with van der Waals surface area (Å²) in [4.78, 5) is 39.2. The first-order valence-electron chi connectivity index (χ1n) is 8.82. The van der Waals surface area contributed by atoms with Gasteiger partial charge in [0.15, 0.2) is 5.78 Å². The van der Waals surface area contributed by atoms with Crippen molar-refractivity contribution in [2.45, 2.75) is 38.1 Å². The maximum Gasteiger partial charge on any atom is 0.325 e. The van der Waals surface area contributed by atoms with Gasteiger partial charge >= 0.3 is 6.03 Å². The van der Waals surface area contributed by atoms with Crippen LogP contribution in [0.1, 0.15) is 43.0 Å². The van der Waals surface area contributed by atoms with E-state index in [9.17, 15) is 14.4 Å². The van der Waals surface area contributed by atoms with Gasteiger partial charge in [0.1, 0.15) is 17.0 Å². The first-order valence-corrected chi connectivity index (χ1v) is 8.82. The number of nitrogens with one attached hydrogen (secondary N) is 1.